The van der Waals surface area contributed by atoms with Crippen LogP contribution in [-0.4, -0.2) is 19.5 Å². The first-order chi connectivity index (χ1) is 27.7. The van der Waals surface area contributed by atoms with Crippen LogP contribution in [-0.2, 0) is 0 Å². The van der Waals surface area contributed by atoms with Crippen molar-refractivity contribution in [3.8, 4) is 62.1 Å². The second kappa shape index (κ2) is 13.3. The zero-order valence-electron chi connectivity index (χ0n) is 30.2. The van der Waals surface area contributed by atoms with Gasteiger partial charge in [0.05, 0.1) is 11.0 Å². The summed E-state index contributed by atoms with van der Waals surface area (Å²) in [6.45, 7) is 0. The van der Waals surface area contributed by atoms with Gasteiger partial charge >= 0.3 is 0 Å². The van der Waals surface area contributed by atoms with Crippen molar-refractivity contribution in [3.05, 3.63) is 194 Å². The Hall–Kier alpha value is -7.21. The fraction of sp³-hybridized carbons (Fsp3) is 0. The number of hydrogen-bond acceptors (Lipinski definition) is 4. The van der Waals surface area contributed by atoms with E-state index in [0.717, 1.165) is 44.1 Å². The molecule has 0 aliphatic carbocycles. The zero-order chi connectivity index (χ0) is 37.0. The lowest BCUT2D eigenvalue weighted by Crippen LogP contribution is -2.06. The Labute approximate surface area is 327 Å². The molecule has 0 unspecified atom stereocenters. The van der Waals surface area contributed by atoms with E-state index in [9.17, 15) is 0 Å². The minimum absolute atomic E-state index is 0.591. The average Bonchev–Trinajstić information content (AvgIpc) is 3.83. The lowest BCUT2D eigenvalue weighted by atomic mass is 9.94. The van der Waals surface area contributed by atoms with Crippen molar-refractivity contribution in [2.75, 3.05) is 0 Å². The van der Waals surface area contributed by atoms with Crippen LogP contribution in [0.15, 0.2) is 194 Å². The quantitative estimate of drug-likeness (QED) is 0.171. The number of fused-ring (bicyclic) bond motifs is 6. The number of para-hydroxylation sites is 2. The molecule has 3 aromatic heterocycles. The topological polar surface area (TPSA) is 43.6 Å². The van der Waals surface area contributed by atoms with Crippen molar-refractivity contribution in [1.29, 1.82) is 0 Å². The van der Waals surface area contributed by atoms with Crippen LogP contribution in [0.3, 0.4) is 0 Å². The molecule has 0 fully saturated rings. The summed E-state index contributed by atoms with van der Waals surface area (Å²) >= 11 is 1.87. The number of benzene rings is 8. The summed E-state index contributed by atoms with van der Waals surface area (Å²) in [4.78, 5) is 15.3. The fourth-order valence-electron chi connectivity index (χ4n) is 7.96. The third kappa shape index (κ3) is 5.48. The van der Waals surface area contributed by atoms with Gasteiger partial charge in [-0.25, -0.2) is 4.98 Å². The standard InChI is InChI=1S/C51H32N4S/c1-3-14-33(15-4-1)39-31-43(48-44(32-39)42-22-9-12-25-47(42)56-48)38-19-13-18-37(30-38)34-26-28-36(29-27-34)50-52-49(35-16-5-2-6-17-35)53-51(54-50)55-45-23-10-7-20-40(45)41-21-8-11-24-46(41)55/h1-32H. The molecule has 0 aliphatic heterocycles. The highest BCUT2D eigenvalue weighted by atomic mass is 32.1. The molecular formula is C51H32N4S. The Bertz CT molecular complexity index is 3180. The van der Waals surface area contributed by atoms with Crippen LogP contribution >= 0.6 is 11.3 Å². The SMILES string of the molecule is c1ccc(-c2cc(-c3cccc(-c4ccc(-c5nc(-c6ccccc6)nc(-n6c7ccccc7c7ccccc76)n5)cc4)c3)c3sc4ccccc4c3c2)cc1. The van der Waals surface area contributed by atoms with Gasteiger partial charge in [-0.2, -0.15) is 9.97 Å². The van der Waals surface area contributed by atoms with Gasteiger partial charge in [0.25, 0.3) is 0 Å². The van der Waals surface area contributed by atoms with E-state index in [-0.39, 0.29) is 0 Å². The first kappa shape index (κ1) is 32.2. The number of thiophene rings is 1. The second-order valence-corrected chi connectivity index (χ2v) is 15.1. The highest BCUT2D eigenvalue weighted by Crippen LogP contribution is 2.43. The maximum atomic E-state index is 5.15. The lowest BCUT2D eigenvalue weighted by molar-refractivity contribution is 0.953. The molecule has 4 nitrogen and oxygen atoms in total. The number of rotatable bonds is 6. The number of nitrogens with zero attached hydrogens (tertiary/aromatic N) is 4. The van der Waals surface area contributed by atoms with Crippen LogP contribution < -0.4 is 0 Å². The summed E-state index contributed by atoms with van der Waals surface area (Å²) in [5.74, 6) is 1.85. The van der Waals surface area contributed by atoms with Crippen molar-refractivity contribution < 1.29 is 0 Å². The van der Waals surface area contributed by atoms with Gasteiger partial charge in [0.2, 0.25) is 5.95 Å². The molecular weight excluding hydrogens is 701 g/mol. The zero-order valence-corrected chi connectivity index (χ0v) is 31.0. The van der Waals surface area contributed by atoms with Crippen LogP contribution in [0.1, 0.15) is 0 Å². The molecule has 5 heteroatoms. The number of aromatic nitrogens is 4. The maximum Gasteiger partial charge on any atom is 0.238 e. The molecule has 0 N–H and O–H groups in total. The van der Waals surface area contributed by atoms with Gasteiger partial charge in [0, 0.05) is 47.6 Å². The Morgan fingerprint density at radius 3 is 1.55 bits per heavy atom. The van der Waals surface area contributed by atoms with Gasteiger partial charge in [0.1, 0.15) is 0 Å². The molecule has 11 aromatic rings. The highest BCUT2D eigenvalue weighted by molar-refractivity contribution is 7.26. The van der Waals surface area contributed by atoms with E-state index in [2.05, 4.69) is 168 Å². The fourth-order valence-corrected chi connectivity index (χ4v) is 9.18. The van der Waals surface area contributed by atoms with Gasteiger partial charge < -0.3 is 0 Å². The normalized spacial score (nSPS) is 11.6. The highest BCUT2D eigenvalue weighted by Gasteiger charge is 2.18. The van der Waals surface area contributed by atoms with Gasteiger partial charge in [-0.3, -0.25) is 4.57 Å². The third-order valence-electron chi connectivity index (χ3n) is 10.7. The van der Waals surface area contributed by atoms with Crippen molar-refractivity contribution in [2.24, 2.45) is 0 Å². The molecule has 0 aliphatic rings. The maximum absolute atomic E-state index is 5.15. The molecule has 11 rings (SSSR count). The summed E-state index contributed by atoms with van der Waals surface area (Å²) in [5.41, 5.74) is 11.1. The summed E-state index contributed by atoms with van der Waals surface area (Å²) in [7, 11) is 0. The molecule has 262 valence electrons. The van der Waals surface area contributed by atoms with E-state index in [1.807, 2.05) is 41.7 Å². The smallest absolute Gasteiger partial charge is 0.238 e. The van der Waals surface area contributed by atoms with E-state index in [1.165, 1.54) is 42.4 Å². The average molecular weight is 733 g/mol. The minimum atomic E-state index is 0.591. The van der Waals surface area contributed by atoms with Crippen molar-refractivity contribution in [2.45, 2.75) is 0 Å². The van der Waals surface area contributed by atoms with Crippen molar-refractivity contribution in [3.63, 3.8) is 0 Å². The molecule has 56 heavy (non-hydrogen) atoms. The molecule has 8 aromatic carbocycles. The predicted molar refractivity (Wildman–Crippen MR) is 234 cm³/mol. The van der Waals surface area contributed by atoms with E-state index in [0.29, 0.717) is 17.6 Å². The Balaban J connectivity index is 1.02. The second-order valence-electron chi connectivity index (χ2n) is 14.0. The largest absolute Gasteiger partial charge is 0.278 e. The van der Waals surface area contributed by atoms with Crippen LogP contribution in [0.2, 0.25) is 0 Å². The van der Waals surface area contributed by atoms with E-state index in [1.54, 1.807) is 0 Å². The molecule has 0 bridgehead atoms. The number of hydrogen-bond donors (Lipinski definition) is 0. The van der Waals surface area contributed by atoms with E-state index in [4.69, 9.17) is 15.0 Å². The first-order valence-corrected chi connectivity index (χ1v) is 19.6. The van der Waals surface area contributed by atoms with Crippen molar-refractivity contribution in [1.82, 2.24) is 19.5 Å². The minimum Gasteiger partial charge on any atom is -0.278 e. The van der Waals surface area contributed by atoms with Crippen molar-refractivity contribution >= 4 is 53.3 Å². The lowest BCUT2D eigenvalue weighted by Gasteiger charge is -2.12. The van der Waals surface area contributed by atoms with Gasteiger partial charge in [0.15, 0.2) is 11.6 Å². The summed E-state index contributed by atoms with van der Waals surface area (Å²) < 4.78 is 4.76. The Morgan fingerprint density at radius 2 is 0.857 bits per heavy atom. The van der Waals surface area contributed by atoms with Gasteiger partial charge in [-0.05, 0) is 64.2 Å². The van der Waals surface area contributed by atoms with Crippen LogP contribution in [0.5, 0.6) is 0 Å². The molecule has 0 saturated heterocycles. The monoisotopic (exact) mass is 732 g/mol. The molecule has 3 heterocycles. The van der Waals surface area contributed by atoms with Crippen LogP contribution in [0.4, 0.5) is 0 Å². The van der Waals surface area contributed by atoms with Gasteiger partial charge in [-0.1, -0.05) is 158 Å². The third-order valence-corrected chi connectivity index (χ3v) is 11.9. The van der Waals surface area contributed by atoms with Gasteiger partial charge in [-0.15, -0.1) is 11.3 Å². The van der Waals surface area contributed by atoms with E-state index < -0.39 is 0 Å². The molecule has 0 saturated carbocycles. The summed E-state index contributed by atoms with van der Waals surface area (Å²) in [6, 6.07) is 68.7. The van der Waals surface area contributed by atoms with E-state index >= 15 is 0 Å². The predicted octanol–water partition coefficient (Wildman–Crippen LogP) is 13.7. The molecule has 0 amide bonds. The summed E-state index contributed by atoms with van der Waals surface area (Å²) in [6.07, 6.45) is 0. The van der Waals surface area contributed by atoms with Crippen LogP contribution in [0.25, 0.3) is 104 Å². The molecule has 0 spiro atoms. The molecule has 0 atom stereocenters. The van der Waals surface area contributed by atoms with Crippen LogP contribution in [0, 0.1) is 0 Å². The summed E-state index contributed by atoms with van der Waals surface area (Å²) in [5, 5.41) is 4.92. The Kier molecular flexibility index (Phi) is 7.64. The Morgan fingerprint density at radius 1 is 0.339 bits per heavy atom. The molecule has 0 radical (unpaired) electrons. The first-order valence-electron chi connectivity index (χ1n) is 18.8.